The van der Waals surface area contributed by atoms with E-state index in [1.54, 1.807) is 4.68 Å². The van der Waals surface area contributed by atoms with Crippen LogP contribution in [0.2, 0.25) is 0 Å². The molecule has 1 aliphatic rings. The van der Waals surface area contributed by atoms with E-state index in [1.165, 1.54) is 0 Å². The summed E-state index contributed by atoms with van der Waals surface area (Å²) in [6.45, 7) is 4.08. The van der Waals surface area contributed by atoms with Crippen LogP contribution in [0.1, 0.15) is 11.1 Å². The minimum absolute atomic E-state index is 0.713. The van der Waals surface area contributed by atoms with E-state index < -0.39 is 0 Å². The topological polar surface area (TPSA) is 82.8 Å². The molecule has 0 saturated carbocycles. The van der Waals surface area contributed by atoms with Crippen molar-refractivity contribution in [1.82, 2.24) is 24.6 Å². The number of aromatic nitrogens is 4. The fourth-order valence-electron chi connectivity index (χ4n) is 3.96. The standard InChI is InChI=1S/C23H22N6O/c1-28-14-20(12-27-28)19-9-21-22(13-26-23(21)25-11-19)16-2-3-17(18(8-16)10-24)15-29-4-6-30-7-5-29/h2-3,8-9,11-14H,4-7,15H2,1H3,(H,25,26). The van der Waals surface area contributed by atoms with Gasteiger partial charge in [-0.1, -0.05) is 12.1 Å². The highest BCUT2D eigenvalue weighted by Gasteiger charge is 2.15. The van der Waals surface area contributed by atoms with Crippen molar-refractivity contribution in [2.45, 2.75) is 6.54 Å². The normalized spacial score (nSPS) is 14.8. The van der Waals surface area contributed by atoms with Crippen LogP contribution in [0.25, 0.3) is 33.3 Å². The Balaban J connectivity index is 1.51. The summed E-state index contributed by atoms with van der Waals surface area (Å²) in [6.07, 6.45) is 7.63. The molecule has 150 valence electrons. The first kappa shape index (κ1) is 18.6. The quantitative estimate of drug-likeness (QED) is 0.570. The lowest BCUT2D eigenvalue weighted by Gasteiger charge is -2.26. The summed E-state index contributed by atoms with van der Waals surface area (Å²) in [5.41, 5.74) is 6.68. The number of fused-ring (bicyclic) bond motifs is 1. The van der Waals surface area contributed by atoms with Gasteiger partial charge in [-0.15, -0.1) is 0 Å². The highest BCUT2D eigenvalue weighted by atomic mass is 16.5. The minimum Gasteiger partial charge on any atom is -0.379 e. The van der Waals surface area contributed by atoms with E-state index in [-0.39, 0.29) is 0 Å². The van der Waals surface area contributed by atoms with E-state index in [0.717, 1.165) is 71.7 Å². The maximum absolute atomic E-state index is 9.76. The van der Waals surface area contributed by atoms with Gasteiger partial charge < -0.3 is 9.72 Å². The number of hydrogen-bond donors (Lipinski definition) is 1. The molecule has 0 amide bonds. The summed E-state index contributed by atoms with van der Waals surface area (Å²) in [5, 5.41) is 15.0. The smallest absolute Gasteiger partial charge is 0.137 e. The molecule has 7 heteroatoms. The van der Waals surface area contributed by atoms with Gasteiger partial charge in [-0.05, 0) is 23.3 Å². The minimum atomic E-state index is 0.713. The Labute approximate surface area is 174 Å². The monoisotopic (exact) mass is 398 g/mol. The summed E-state index contributed by atoms with van der Waals surface area (Å²) in [7, 11) is 1.90. The summed E-state index contributed by atoms with van der Waals surface area (Å²) >= 11 is 0. The van der Waals surface area contributed by atoms with Crippen LogP contribution in [0.5, 0.6) is 0 Å². The molecule has 1 fully saturated rings. The molecule has 1 N–H and O–H groups in total. The third-order valence-electron chi connectivity index (χ3n) is 5.61. The number of aryl methyl sites for hydroxylation is 1. The zero-order chi connectivity index (χ0) is 20.5. The second kappa shape index (κ2) is 7.75. The number of nitriles is 1. The van der Waals surface area contributed by atoms with Gasteiger partial charge in [-0.2, -0.15) is 10.4 Å². The lowest BCUT2D eigenvalue weighted by Crippen LogP contribution is -2.35. The van der Waals surface area contributed by atoms with Gasteiger partial charge in [0.05, 0.1) is 31.0 Å². The molecule has 7 nitrogen and oxygen atoms in total. The maximum atomic E-state index is 9.76. The first-order valence-corrected chi connectivity index (χ1v) is 10.0. The summed E-state index contributed by atoms with van der Waals surface area (Å²) in [6, 6.07) is 10.6. The molecule has 1 aliphatic heterocycles. The Hall–Kier alpha value is -3.47. The van der Waals surface area contributed by atoms with E-state index in [2.05, 4.69) is 44.2 Å². The van der Waals surface area contributed by atoms with Crippen molar-refractivity contribution in [2.75, 3.05) is 26.3 Å². The highest BCUT2D eigenvalue weighted by molar-refractivity contribution is 5.96. The highest BCUT2D eigenvalue weighted by Crippen LogP contribution is 2.32. The second-order valence-electron chi connectivity index (χ2n) is 7.60. The van der Waals surface area contributed by atoms with Gasteiger partial charge in [0.1, 0.15) is 5.65 Å². The molecular weight excluding hydrogens is 376 g/mol. The number of H-pyrrole nitrogens is 1. The Morgan fingerprint density at radius 1 is 1.13 bits per heavy atom. The average molecular weight is 398 g/mol. The third kappa shape index (κ3) is 3.47. The number of benzene rings is 1. The Morgan fingerprint density at radius 3 is 2.77 bits per heavy atom. The van der Waals surface area contributed by atoms with Crippen LogP contribution < -0.4 is 0 Å². The van der Waals surface area contributed by atoms with Crippen LogP contribution in [0.15, 0.2) is 49.1 Å². The fraction of sp³-hybridized carbons (Fsp3) is 0.261. The largest absolute Gasteiger partial charge is 0.379 e. The molecule has 1 aromatic carbocycles. The molecule has 0 unspecified atom stereocenters. The Bertz CT molecular complexity index is 1240. The molecule has 0 aliphatic carbocycles. The first-order valence-electron chi connectivity index (χ1n) is 10.0. The van der Waals surface area contributed by atoms with E-state index in [0.29, 0.717) is 5.56 Å². The van der Waals surface area contributed by atoms with Gasteiger partial charge in [-0.25, -0.2) is 4.98 Å². The molecular formula is C23H22N6O. The van der Waals surface area contributed by atoms with Crippen molar-refractivity contribution in [3.05, 3.63) is 60.2 Å². The number of morpholine rings is 1. The van der Waals surface area contributed by atoms with Crippen LogP contribution in [-0.2, 0) is 18.3 Å². The van der Waals surface area contributed by atoms with E-state index >= 15 is 0 Å². The van der Waals surface area contributed by atoms with Crippen molar-refractivity contribution in [3.8, 4) is 28.3 Å². The molecule has 4 heterocycles. The van der Waals surface area contributed by atoms with Gasteiger partial charge in [0.15, 0.2) is 0 Å². The molecule has 0 spiro atoms. The fourth-order valence-corrected chi connectivity index (χ4v) is 3.96. The Morgan fingerprint density at radius 2 is 2.00 bits per heavy atom. The molecule has 4 aromatic rings. The number of nitrogens with one attached hydrogen (secondary N) is 1. The first-order chi connectivity index (χ1) is 14.7. The Kier molecular flexibility index (Phi) is 4.79. The molecule has 0 bridgehead atoms. The number of aromatic amines is 1. The molecule has 0 radical (unpaired) electrons. The lowest BCUT2D eigenvalue weighted by molar-refractivity contribution is 0.0341. The van der Waals surface area contributed by atoms with Gasteiger partial charge in [-0.3, -0.25) is 9.58 Å². The van der Waals surface area contributed by atoms with Crippen molar-refractivity contribution in [3.63, 3.8) is 0 Å². The number of ether oxygens (including phenoxy) is 1. The number of rotatable bonds is 4. The molecule has 30 heavy (non-hydrogen) atoms. The molecule has 3 aromatic heterocycles. The number of nitrogens with zero attached hydrogens (tertiary/aromatic N) is 5. The summed E-state index contributed by atoms with van der Waals surface area (Å²) < 4.78 is 7.21. The third-order valence-corrected chi connectivity index (χ3v) is 5.61. The van der Waals surface area contributed by atoms with Crippen molar-refractivity contribution < 1.29 is 4.74 Å². The lowest BCUT2D eigenvalue weighted by atomic mass is 9.98. The number of pyridine rings is 1. The maximum Gasteiger partial charge on any atom is 0.137 e. The van der Waals surface area contributed by atoms with Crippen LogP contribution in [-0.4, -0.2) is 51.0 Å². The predicted octanol–water partition coefficient (Wildman–Crippen LogP) is 3.33. The van der Waals surface area contributed by atoms with Crippen LogP contribution in [0.4, 0.5) is 0 Å². The van der Waals surface area contributed by atoms with E-state index in [4.69, 9.17) is 4.74 Å². The molecule has 1 saturated heterocycles. The van der Waals surface area contributed by atoms with Crippen LogP contribution in [0, 0.1) is 11.3 Å². The van der Waals surface area contributed by atoms with Crippen LogP contribution >= 0.6 is 0 Å². The second-order valence-corrected chi connectivity index (χ2v) is 7.60. The van der Waals surface area contributed by atoms with Crippen molar-refractivity contribution in [1.29, 1.82) is 5.26 Å². The van der Waals surface area contributed by atoms with E-state index in [1.807, 2.05) is 37.9 Å². The SMILES string of the molecule is Cn1cc(-c2cnc3[nH]cc(-c4ccc(CN5CCOCC5)c(C#N)c4)c3c2)cn1. The van der Waals surface area contributed by atoms with Crippen molar-refractivity contribution >= 4 is 11.0 Å². The average Bonchev–Trinajstić information content (AvgIpc) is 3.40. The summed E-state index contributed by atoms with van der Waals surface area (Å²) in [5.74, 6) is 0. The van der Waals surface area contributed by atoms with Gasteiger partial charge >= 0.3 is 0 Å². The van der Waals surface area contributed by atoms with E-state index in [9.17, 15) is 5.26 Å². The van der Waals surface area contributed by atoms with Crippen molar-refractivity contribution in [2.24, 2.45) is 7.05 Å². The molecule has 5 rings (SSSR count). The van der Waals surface area contributed by atoms with Gasteiger partial charge in [0, 0.05) is 67.3 Å². The van der Waals surface area contributed by atoms with Crippen LogP contribution in [0.3, 0.4) is 0 Å². The summed E-state index contributed by atoms with van der Waals surface area (Å²) in [4.78, 5) is 10.2. The van der Waals surface area contributed by atoms with Gasteiger partial charge in [0.2, 0.25) is 0 Å². The zero-order valence-electron chi connectivity index (χ0n) is 16.8. The predicted molar refractivity (Wildman–Crippen MR) is 115 cm³/mol. The molecule has 0 atom stereocenters. The zero-order valence-corrected chi connectivity index (χ0v) is 16.8. The van der Waals surface area contributed by atoms with Gasteiger partial charge in [0.25, 0.3) is 0 Å². The number of hydrogen-bond acceptors (Lipinski definition) is 5.